The molecule has 1 heterocycles. The third-order valence-corrected chi connectivity index (χ3v) is 20.2. The molecular formula is C62H42SSi. The van der Waals surface area contributed by atoms with Gasteiger partial charge < -0.3 is 0 Å². The summed E-state index contributed by atoms with van der Waals surface area (Å²) in [7, 11) is -3.14. The van der Waals surface area contributed by atoms with E-state index >= 15 is 0 Å². The number of fused-ring (bicyclic) bond motifs is 3. The molecule has 0 nitrogen and oxygen atoms in total. The first-order chi connectivity index (χ1) is 31.8. The van der Waals surface area contributed by atoms with Gasteiger partial charge in [0.2, 0.25) is 0 Å². The fraction of sp³-hybridized carbons (Fsp3) is 0.0323. The maximum Gasteiger partial charge on any atom is 0.179 e. The maximum absolute atomic E-state index is 3.14. The molecule has 2 unspecified atom stereocenters. The molecule has 0 N–H and O–H groups in total. The van der Waals surface area contributed by atoms with Crippen LogP contribution in [-0.4, -0.2) is 8.07 Å². The molecular weight excluding hydrogens is 805 g/mol. The Balaban J connectivity index is 1.13. The van der Waals surface area contributed by atoms with Gasteiger partial charge in [-0.15, -0.1) is 11.3 Å². The van der Waals surface area contributed by atoms with Crippen LogP contribution in [0.4, 0.5) is 0 Å². The number of benzene rings is 10. The highest BCUT2D eigenvalue weighted by Gasteiger charge is 2.50. The van der Waals surface area contributed by atoms with Gasteiger partial charge in [0.05, 0.1) is 0 Å². The molecule has 0 spiro atoms. The van der Waals surface area contributed by atoms with Crippen molar-refractivity contribution in [3.8, 4) is 33.4 Å². The van der Waals surface area contributed by atoms with Crippen molar-refractivity contribution in [3.63, 3.8) is 0 Å². The summed E-state index contributed by atoms with van der Waals surface area (Å²) in [5.41, 5.74) is 16.3. The molecule has 10 aromatic carbocycles. The van der Waals surface area contributed by atoms with Crippen molar-refractivity contribution in [3.05, 3.63) is 276 Å². The van der Waals surface area contributed by atoms with Gasteiger partial charge in [0, 0.05) is 32.0 Å². The van der Waals surface area contributed by atoms with E-state index in [0.717, 1.165) is 0 Å². The molecule has 0 amide bonds. The molecule has 2 atom stereocenters. The maximum atomic E-state index is 2.53. The van der Waals surface area contributed by atoms with E-state index in [4.69, 9.17) is 0 Å². The van der Waals surface area contributed by atoms with E-state index in [-0.39, 0.29) is 11.8 Å². The lowest BCUT2D eigenvalue weighted by molar-refractivity contribution is 0.760. The molecule has 0 radical (unpaired) electrons. The third-order valence-electron chi connectivity index (χ3n) is 14.2. The molecule has 300 valence electrons. The highest BCUT2D eigenvalue weighted by atomic mass is 32.1. The van der Waals surface area contributed by atoms with E-state index in [1.807, 2.05) is 11.3 Å². The van der Waals surface area contributed by atoms with Gasteiger partial charge in [0.25, 0.3) is 0 Å². The quantitative estimate of drug-likeness (QED) is 0.111. The average Bonchev–Trinajstić information content (AvgIpc) is 3.75. The zero-order chi connectivity index (χ0) is 42.2. The monoisotopic (exact) mass is 846 g/mol. The van der Waals surface area contributed by atoms with Gasteiger partial charge in [-0.2, -0.15) is 0 Å². The second-order valence-electron chi connectivity index (χ2n) is 17.4. The van der Waals surface area contributed by atoms with Crippen LogP contribution in [0, 0.1) is 0 Å². The molecule has 0 fully saturated rings. The first-order valence-corrected chi connectivity index (χ1v) is 25.2. The van der Waals surface area contributed by atoms with Gasteiger partial charge in [-0.1, -0.05) is 224 Å². The van der Waals surface area contributed by atoms with E-state index in [9.17, 15) is 0 Å². The van der Waals surface area contributed by atoms with Crippen LogP contribution < -0.4 is 20.7 Å². The molecule has 3 aliphatic carbocycles. The Morgan fingerprint density at radius 3 is 1.48 bits per heavy atom. The summed E-state index contributed by atoms with van der Waals surface area (Å²) in [4.78, 5) is 0. The third kappa shape index (κ3) is 5.59. The Bertz CT molecular complexity index is 3490. The van der Waals surface area contributed by atoms with Crippen LogP contribution in [0.2, 0.25) is 0 Å². The first kappa shape index (κ1) is 37.2. The second kappa shape index (κ2) is 14.9. The number of rotatable bonds is 7. The minimum atomic E-state index is -3.14. The van der Waals surface area contributed by atoms with E-state index in [0.29, 0.717) is 0 Å². The van der Waals surface area contributed by atoms with Gasteiger partial charge in [0.1, 0.15) is 0 Å². The predicted molar refractivity (Wildman–Crippen MR) is 274 cm³/mol. The van der Waals surface area contributed by atoms with Crippen molar-refractivity contribution in [1.82, 2.24) is 0 Å². The smallest absolute Gasteiger partial charge is 0.135 e. The Hall–Kier alpha value is -7.36. The average molecular weight is 847 g/mol. The Kier molecular flexibility index (Phi) is 8.65. The highest BCUT2D eigenvalue weighted by molar-refractivity contribution is 7.25. The van der Waals surface area contributed by atoms with Gasteiger partial charge in [-0.05, 0) is 106 Å². The predicted octanol–water partition coefficient (Wildman–Crippen LogP) is 13.4. The lowest BCUT2D eigenvalue weighted by Crippen LogP contribution is -2.75. The normalized spacial score (nSPS) is 14.9. The van der Waals surface area contributed by atoms with Gasteiger partial charge in [0.15, 0.2) is 8.07 Å². The molecule has 14 rings (SSSR count). The number of thiophene rings is 1. The minimum absolute atomic E-state index is 0.0405. The van der Waals surface area contributed by atoms with Gasteiger partial charge in [-0.3, -0.25) is 0 Å². The summed E-state index contributed by atoms with van der Waals surface area (Å²) >= 11 is 1.89. The summed E-state index contributed by atoms with van der Waals surface area (Å²) < 4.78 is 2.68. The molecule has 0 saturated heterocycles. The summed E-state index contributed by atoms with van der Waals surface area (Å²) in [5.74, 6) is 0.157. The molecule has 3 aliphatic rings. The van der Waals surface area contributed by atoms with E-state index in [2.05, 4.69) is 243 Å². The van der Waals surface area contributed by atoms with Crippen LogP contribution >= 0.6 is 11.3 Å². The van der Waals surface area contributed by atoms with Crippen LogP contribution in [0.3, 0.4) is 0 Å². The molecule has 0 saturated carbocycles. The molecule has 2 bridgehead atoms. The van der Waals surface area contributed by atoms with E-state index in [1.165, 1.54) is 108 Å². The minimum Gasteiger partial charge on any atom is -0.135 e. The topological polar surface area (TPSA) is 0 Å². The number of hydrogen-bond acceptors (Lipinski definition) is 1. The van der Waals surface area contributed by atoms with E-state index < -0.39 is 8.07 Å². The van der Waals surface area contributed by atoms with Crippen molar-refractivity contribution in [2.24, 2.45) is 0 Å². The first-order valence-electron chi connectivity index (χ1n) is 22.4. The molecule has 0 aliphatic heterocycles. The molecule has 64 heavy (non-hydrogen) atoms. The largest absolute Gasteiger partial charge is 0.179 e. The van der Waals surface area contributed by atoms with Gasteiger partial charge >= 0.3 is 0 Å². The lowest BCUT2D eigenvalue weighted by Gasteiger charge is -2.47. The van der Waals surface area contributed by atoms with Crippen molar-refractivity contribution < 1.29 is 0 Å². The fourth-order valence-corrected chi connectivity index (χ4v) is 17.7. The zero-order valence-electron chi connectivity index (χ0n) is 35.2. The second-order valence-corrected chi connectivity index (χ2v) is 22.3. The number of hydrogen-bond donors (Lipinski definition) is 0. The standard InChI is InChI=1S/C62H42SSi/c1-4-18-41(19-5-1)43-22-14-26-47(38-43)64(46-24-8-3-9-25-46,48-27-15-23-44(39-48)42-20-6-2-7-21-42)58-35-17-33-54-59-51-29-10-11-30-52(51)62(61(54)58)60-49(31-16-32-53(59)60)45-36-37-57-55(40-45)50-28-12-13-34-56(50)63-57/h1-40,59,62H. The summed E-state index contributed by atoms with van der Waals surface area (Å²) in [6.07, 6.45) is 0. The Morgan fingerprint density at radius 2 is 0.797 bits per heavy atom. The van der Waals surface area contributed by atoms with Crippen molar-refractivity contribution >= 4 is 60.3 Å². The van der Waals surface area contributed by atoms with Crippen LogP contribution in [0.5, 0.6) is 0 Å². The Labute approximate surface area is 379 Å². The van der Waals surface area contributed by atoms with Crippen LogP contribution in [0.15, 0.2) is 243 Å². The summed E-state index contributed by atoms with van der Waals surface area (Å²) in [6.45, 7) is 0. The fourth-order valence-electron chi connectivity index (χ4n) is 11.6. The summed E-state index contributed by atoms with van der Waals surface area (Å²) in [6, 6.07) is 92.4. The van der Waals surface area contributed by atoms with Crippen LogP contribution in [0.1, 0.15) is 45.2 Å². The summed E-state index contributed by atoms with van der Waals surface area (Å²) in [5, 5.41) is 8.30. The lowest BCUT2D eigenvalue weighted by atomic mass is 9.60. The highest BCUT2D eigenvalue weighted by Crippen LogP contribution is 2.57. The van der Waals surface area contributed by atoms with Crippen molar-refractivity contribution in [2.45, 2.75) is 11.8 Å². The van der Waals surface area contributed by atoms with Crippen molar-refractivity contribution in [1.29, 1.82) is 0 Å². The molecule has 1 aromatic heterocycles. The zero-order valence-corrected chi connectivity index (χ0v) is 37.0. The Morgan fingerprint density at radius 1 is 0.297 bits per heavy atom. The van der Waals surface area contributed by atoms with Crippen LogP contribution in [0.25, 0.3) is 53.6 Å². The SMILES string of the molecule is c1ccc(-c2cccc([Si](c3ccccc3)(c3cccc(-c4ccccc4)c3)c3cccc4c3C3c5ccccc5C4c4cccc(-c5ccc6sc7ccccc7c6c5)c43)c2)cc1. The van der Waals surface area contributed by atoms with Gasteiger partial charge in [-0.25, -0.2) is 0 Å². The van der Waals surface area contributed by atoms with Crippen LogP contribution in [-0.2, 0) is 0 Å². The van der Waals surface area contributed by atoms with E-state index in [1.54, 1.807) is 0 Å². The molecule has 2 heteroatoms. The molecule has 11 aromatic rings. The van der Waals surface area contributed by atoms with Crippen molar-refractivity contribution in [2.75, 3.05) is 0 Å².